The molecule has 1 saturated heterocycles. The van der Waals surface area contributed by atoms with Gasteiger partial charge in [-0.3, -0.25) is 9.78 Å². The first-order valence-electron chi connectivity index (χ1n) is 9.80. The fourth-order valence-electron chi connectivity index (χ4n) is 3.70. The third kappa shape index (κ3) is 4.11. The van der Waals surface area contributed by atoms with Crippen LogP contribution < -0.4 is 14.2 Å². The Kier molecular flexibility index (Phi) is 5.90. The summed E-state index contributed by atoms with van der Waals surface area (Å²) in [4.78, 5) is 19.4. The summed E-state index contributed by atoms with van der Waals surface area (Å²) in [5.74, 6) is 0.753. The molecule has 0 saturated carbocycles. The number of morpholine rings is 1. The molecule has 0 bridgehead atoms. The Labute approximate surface area is 179 Å². The van der Waals surface area contributed by atoms with Gasteiger partial charge in [-0.2, -0.15) is 0 Å². The zero-order valence-corrected chi connectivity index (χ0v) is 17.6. The normalized spacial score (nSPS) is 16.3. The molecule has 0 unspecified atom stereocenters. The number of ether oxygens (including phenoxy) is 4. The minimum Gasteiger partial charge on any atom is -0.493 e. The van der Waals surface area contributed by atoms with Crippen LogP contribution in [0.25, 0.3) is 10.8 Å². The predicted octanol–water partition coefficient (Wildman–Crippen LogP) is 3.61. The van der Waals surface area contributed by atoms with E-state index in [4.69, 9.17) is 18.9 Å². The first kappa shape index (κ1) is 20.9. The van der Waals surface area contributed by atoms with E-state index in [2.05, 4.69) is 4.98 Å². The lowest BCUT2D eigenvalue weighted by Gasteiger charge is -2.33. The number of fused-ring (bicyclic) bond motifs is 1. The van der Waals surface area contributed by atoms with Crippen molar-refractivity contribution in [3.05, 3.63) is 59.7 Å². The highest BCUT2D eigenvalue weighted by Gasteiger charge is 2.28. The van der Waals surface area contributed by atoms with Gasteiger partial charge in [0.15, 0.2) is 11.5 Å². The summed E-state index contributed by atoms with van der Waals surface area (Å²) in [6, 6.07) is 9.61. The Morgan fingerprint density at radius 2 is 1.81 bits per heavy atom. The van der Waals surface area contributed by atoms with Crippen LogP contribution in [0.4, 0.5) is 4.39 Å². The van der Waals surface area contributed by atoms with Crippen molar-refractivity contribution in [1.29, 1.82) is 0 Å². The van der Waals surface area contributed by atoms with E-state index in [9.17, 15) is 9.18 Å². The van der Waals surface area contributed by atoms with Crippen LogP contribution in [-0.4, -0.2) is 56.8 Å². The number of benzene rings is 2. The van der Waals surface area contributed by atoms with Gasteiger partial charge in [-0.1, -0.05) is 0 Å². The molecule has 0 radical (unpaired) electrons. The van der Waals surface area contributed by atoms with E-state index in [1.807, 2.05) is 0 Å². The average Bonchev–Trinajstić information content (AvgIpc) is 2.82. The predicted molar refractivity (Wildman–Crippen MR) is 112 cm³/mol. The topological polar surface area (TPSA) is 70.1 Å². The van der Waals surface area contributed by atoms with E-state index >= 15 is 0 Å². The molecule has 0 aliphatic carbocycles. The van der Waals surface area contributed by atoms with Gasteiger partial charge in [0.05, 0.1) is 40.2 Å². The quantitative estimate of drug-likeness (QED) is 0.621. The molecule has 8 heteroatoms. The third-order valence-corrected chi connectivity index (χ3v) is 5.30. The van der Waals surface area contributed by atoms with Crippen molar-refractivity contribution in [2.24, 2.45) is 0 Å². The van der Waals surface area contributed by atoms with E-state index in [1.54, 1.807) is 35.4 Å². The summed E-state index contributed by atoms with van der Waals surface area (Å²) < 4.78 is 35.5. The zero-order valence-electron chi connectivity index (χ0n) is 17.6. The Hall–Kier alpha value is -3.39. The number of aromatic nitrogens is 1. The molecule has 1 amide bonds. The van der Waals surface area contributed by atoms with Crippen molar-refractivity contribution in [3.8, 4) is 17.2 Å². The molecule has 0 N–H and O–H groups in total. The smallest absolute Gasteiger partial charge is 0.254 e. The number of carbonyl (C=O) groups excluding carboxylic acids is 1. The number of methoxy groups -OCH3 is 3. The van der Waals surface area contributed by atoms with Crippen molar-refractivity contribution in [3.63, 3.8) is 0 Å². The van der Waals surface area contributed by atoms with E-state index in [1.165, 1.54) is 33.5 Å². The molecule has 4 rings (SSSR count). The van der Waals surface area contributed by atoms with Crippen molar-refractivity contribution >= 4 is 16.7 Å². The van der Waals surface area contributed by atoms with Gasteiger partial charge in [0.1, 0.15) is 11.9 Å². The number of pyridine rings is 1. The minimum absolute atomic E-state index is 0.181. The lowest BCUT2D eigenvalue weighted by molar-refractivity contribution is -0.0246. The van der Waals surface area contributed by atoms with Crippen molar-refractivity contribution < 1.29 is 28.1 Å². The largest absolute Gasteiger partial charge is 0.493 e. The molecule has 1 aromatic heterocycles. The highest BCUT2D eigenvalue weighted by molar-refractivity contribution is 5.95. The molecule has 1 fully saturated rings. The van der Waals surface area contributed by atoms with Crippen LogP contribution in [0.3, 0.4) is 0 Å². The number of hydrogen-bond acceptors (Lipinski definition) is 6. The maximum Gasteiger partial charge on any atom is 0.254 e. The highest BCUT2D eigenvalue weighted by Crippen LogP contribution is 2.38. The van der Waals surface area contributed by atoms with Gasteiger partial charge in [-0.05, 0) is 41.8 Å². The molecular weight excluding hydrogens is 403 g/mol. The molecule has 7 nitrogen and oxygen atoms in total. The second-order valence-corrected chi connectivity index (χ2v) is 7.13. The van der Waals surface area contributed by atoms with Gasteiger partial charge in [-0.15, -0.1) is 0 Å². The van der Waals surface area contributed by atoms with Crippen LogP contribution in [0.15, 0.2) is 42.6 Å². The molecule has 1 aliphatic heterocycles. The first-order valence-corrected chi connectivity index (χ1v) is 9.80. The number of hydrogen-bond donors (Lipinski definition) is 0. The van der Waals surface area contributed by atoms with Gasteiger partial charge in [-0.25, -0.2) is 4.39 Å². The van der Waals surface area contributed by atoms with E-state index < -0.39 is 6.10 Å². The van der Waals surface area contributed by atoms with Crippen LogP contribution in [0.2, 0.25) is 0 Å². The Bertz CT molecular complexity index is 1100. The van der Waals surface area contributed by atoms with Crippen LogP contribution >= 0.6 is 0 Å². The fourth-order valence-corrected chi connectivity index (χ4v) is 3.70. The van der Waals surface area contributed by atoms with E-state index in [-0.39, 0.29) is 11.7 Å². The van der Waals surface area contributed by atoms with Crippen molar-refractivity contribution in [2.75, 3.05) is 41.0 Å². The zero-order chi connectivity index (χ0) is 22.0. The second kappa shape index (κ2) is 8.77. The van der Waals surface area contributed by atoms with Crippen LogP contribution in [0, 0.1) is 5.82 Å². The van der Waals surface area contributed by atoms with Crippen molar-refractivity contribution in [2.45, 2.75) is 6.10 Å². The first-order chi connectivity index (χ1) is 15.0. The monoisotopic (exact) mass is 426 g/mol. The molecule has 1 aliphatic rings. The molecular formula is C23H23FN2O5. The summed E-state index contributed by atoms with van der Waals surface area (Å²) >= 11 is 0. The minimum atomic E-state index is -0.410. The molecule has 1 atom stereocenters. The number of carbonyl (C=O) groups is 1. The standard InChI is InChI=1S/C23H23FN2O5/c1-28-19-10-16(11-20(29-2)22(19)30-3)23(27)26-6-7-31-21(13-26)18-9-15-8-17(24)5-4-14(15)12-25-18/h4-5,8-12,21H,6-7,13H2,1-3H3/t21-/m1/s1. The van der Waals surface area contributed by atoms with Gasteiger partial charge in [0.25, 0.3) is 5.91 Å². The lowest BCUT2D eigenvalue weighted by atomic mass is 10.1. The van der Waals surface area contributed by atoms with Gasteiger partial charge in [0.2, 0.25) is 5.75 Å². The summed E-state index contributed by atoms with van der Waals surface area (Å²) in [7, 11) is 4.52. The SMILES string of the molecule is COc1cc(C(=O)N2CCO[C@@H](c3cc4cc(F)ccc4cn3)C2)cc(OC)c1OC. The molecule has 3 aromatic rings. The van der Waals surface area contributed by atoms with Gasteiger partial charge in [0, 0.05) is 23.7 Å². The molecule has 2 heterocycles. The maximum absolute atomic E-state index is 13.6. The van der Waals surface area contributed by atoms with Gasteiger partial charge < -0.3 is 23.8 Å². The Balaban J connectivity index is 1.59. The summed E-state index contributed by atoms with van der Waals surface area (Å²) in [6.07, 6.45) is 1.28. The Morgan fingerprint density at radius 3 is 2.48 bits per heavy atom. The van der Waals surface area contributed by atoms with Crippen LogP contribution in [0.5, 0.6) is 17.2 Å². The molecule has 2 aromatic carbocycles. The molecule has 31 heavy (non-hydrogen) atoms. The third-order valence-electron chi connectivity index (χ3n) is 5.30. The summed E-state index contributed by atoms with van der Waals surface area (Å²) in [5, 5.41) is 1.58. The summed E-state index contributed by atoms with van der Waals surface area (Å²) in [5.41, 5.74) is 1.07. The molecule has 0 spiro atoms. The second-order valence-electron chi connectivity index (χ2n) is 7.13. The van der Waals surface area contributed by atoms with Gasteiger partial charge >= 0.3 is 0 Å². The average molecular weight is 426 g/mol. The lowest BCUT2D eigenvalue weighted by Crippen LogP contribution is -2.42. The highest BCUT2D eigenvalue weighted by atomic mass is 19.1. The van der Waals surface area contributed by atoms with Crippen molar-refractivity contribution in [1.82, 2.24) is 9.88 Å². The number of amides is 1. The van der Waals surface area contributed by atoms with E-state index in [0.29, 0.717) is 48.2 Å². The number of rotatable bonds is 5. The Morgan fingerprint density at radius 1 is 1.06 bits per heavy atom. The maximum atomic E-state index is 13.6. The van der Waals surface area contributed by atoms with E-state index in [0.717, 1.165) is 10.8 Å². The van der Waals surface area contributed by atoms with Crippen LogP contribution in [-0.2, 0) is 4.74 Å². The molecule has 162 valence electrons. The number of halogens is 1. The summed E-state index contributed by atoms with van der Waals surface area (Å²) in [6.45, 7) is 1.13. The fraction of sp³-hybridized carbons (Fsp3) is 0.304. The van der Waals surface area contributed by atoms with Crippen LogP contribution in [0.1, 0.15) is 22.2 Å². The number of nitrogens with zero attached hydrogens (tertiary/aromatic N) is 2.